The fraction of sp³-hybridized carbons (Fsp3) is 0.0909. The van der Waals surface area contributed by atoms with E-state index in [1.165, 1.54) is 18.3 Å². The lowest BCUT2D eigenvalue weighted by molar-refractivity contribution is 0.0992. The predicted molar refractivity (Wildman–Crippen MR) is 110 cm³/mol. The van der Waals surface area contributed by atoms with Gasteiger partial charge in [-0.05, 0) is 29.8 Å². The van der Waals surface area contributed by atoms with E-state index in [2.05, 4.69) is 10.4 Å². The van der Waals surface area contributed by atoms with E-state index in [0.29, 0.717) is 17.3 Å². The Balaban J connectivity index is 1.38. The lowest BCUT2D eigenvalue weighted by Crippen LogP contribution is -2.10. The molecule has 0 spiro atoms. The fourth-order valence-corrected chi connectivity index (χ4v) is 3.04. The topological polar surface area (TPSA) is 69.3 Å². The average molecular weight is 498 g/mol. The summed E-state index contributed by atoms with van der Waals surface area (Å²) in [5, 5.41) is 7.31. The lowest BCUT2D eigenvalue weighted by Gasteiger charge is -2.09. The van der Waals surface area contributed by atoms with Gasteiger partial charge in [-0.1, -0.05) is 23.7 Å². The summed E-state index contributed by atoms with van der Waals surface area (Å²) in [5.74, 6) is -13.2. The highest BCUT2D eigenvalue weighted by atomic mass is 35.5. The van der Waals surface area contributed by atoms with Gasteiger partial charge in [-0.3, -0.25) is 9.48 Å². The van der Waals surface area contributed by atoms with Gasteiger partial charge >= 0.3 is 0 Å². The van der Waals surface area contributed by atoms with E-state index in [-0.39, 0.29) is 11.5 Å². The summed E-state index contributed by atoms with van der Waals surface area (Å²) in [6, 6.07) is 9.66. The van der Waals surface area contributed by atoms with Gasteiger partial charge in [0.05, 0.1) is 18.4 Å². The second kappa shape index (κ2) is 9.56. The van der Waals surface area contributed by atoms with Gasteiger partial charge in [0.25, 0.3) is 5.91 Å². The normalized spacial score (nSPS) is 11.0. The van der Waals surface area contributed by atoms with Gasteiger partial charge in [-0.25, -0.2) is 13.2 Å². The predicted octanol–water partition coefficient (Wildman–Crippen LogP) is 5.70. The molecule has 0 bridgehead atoms. The molecular formula is C22H13ClF5N3O3. The first-order chi connectivity index (χ1) is 16.2. The molecule has 0 saturated carbocycles. The molecule has 0 unspecified atom stereocenters. The van der Waals surface area contributed by atoms with Crippen LogP contribution in [0.25, 0.3) is 0 Å². The highest BCUT2D eigenvalue weighted by Gasteiger charge is 2.27. The van der Waals surface area contributed by atoms with Crippen molar-refractivity contribution < 1.29 is 35.9 Å². The van der Waals surface area contributed by atoms with E-state index < -0.39 is 47.3 Å². The van der Waals surface area contributed by atoms with Crippen molar-refractivity contribution in [1.82, 2.24) is 9.78 Å². The number of hydrogen-bond donors (Lipinski definition) is 1. The summed E-state index contributed by atoms with van der Waals surface area (Å²) in [6.07, 6.45) is 3.01. The molecule has 12 heteroatoms. The van der Waals surface area contributed by atoms with Crippen molar-refractivity contribution in [3.63, 3.8) is 0 Å². The molecule has 0 aliphatic heterocycles. The molecule has 0 atom stereocenters. The number of amides is 1. The van der Waals surface area contributed by atoms with E-state index in [9.17, 15) is 26.7 Å². The van der Waals surface area contributed by atoms with Crippen molar-refractivity contribution >= 4 is 23.2 Å². The van der Waals surface area contributed by atoms with E-state index in [0.717, 1.165) is 5.56 Å². The van der Waals surface area contributed by atoms with E-state index in [1.54, 1.807) is 23.0 Å². The van der Waals surface area contributed by atoms with Crippen molar-refractivity contribution in [3.05, 3.63) is 100.0 Å². The molecule has 2 aromatic carbocycles. The Labute approximate surface area is 193 Å². The summed E-state index contributed by atoms with van der Waals surface area (Å²) in [5.41, 5.74) is 1.31. The van der Waals surface area contributed by atoms with Crippen molar-refractivity contribution in [1.29, 1.82) is 0 Å². The van der Waals surface area contributed by atoms with Crippen LogP contribution in [-0.2, 0) is 13.2 Å². The van der Waals surface area contributed by atoms with Gasteiger partial charge < -0.3 is 14.5 Å². The monoisotopic (exact) mass is 497 g/mol. The number of carbonyl (C=O) groups excluding carboxylic acids is 1. The Morgan fingerprint density at radius 1 is 0.971 bits per heavy atom. The number of hydrogen-bond acceptors (Lipinski definition) is 4. The third-order valence-corrected chi connectivity index (χ3v) is 4.81. The molecule has 1 amide bonds. The summed E-state index contributed by atoms with van der Waals surface area (Å²) in [7, 11) is 0. The third-order valence-electron chi connectivity index (χ3n) is 4.56. The van der Waals surface area contributed by atoms with Crippen LogP contribution in [0, 0.1) is 29.1 Å². The molecule has 176 valence electrons. The van der Waals surface area contributed by atoms with Gasteiger partial charge in [-0.15, -0.1) is 0 Å². The molecule has 1 N–H and O–H groups in total. The number of nitrogens with one attached hydrogen (secondary N) is 1. The highest BCUT2D eigenvalue weighted by Crippen LogP contribution is 2.30. The number of ether oxygens (including phenoxy) is 1. The minimum atomic E-state index is -2.30. The number of anilines is 1. The number of furan rings is 1. The molecule has 0 fully saturated rings. The van der Waals surface area contributed by atoms with Crippen LogP contribution in [0.15, 0.2) is 53.2 Å². The number of benzene rings is 2. The lowest BCUT2D eigenvalue weighted by atomic mass is 10.2. The van der Waals surface area contributed by atoms with Crippen LogP contribution in [0.2, 0.25) is 5.02 Å². The van der Waals surface area contributed by atoms with Crippen LogP contribution in [-0.4, -0.2) is 15.7 Å². The summed E-state index contributed by atoms with van der Waals surface area (Å²) >= 11 is 5.86. The molecule has 6 nitrogen and oxygen atoms in total. The maximum Gasteiger partial charge on any atom is 0.291 e. The summed E-state index contributed by atoms with van der Waals surface area (Å²) in [6.45, 7) is -0.252. The van der Waals surface area contributed by atoms with E-state index in [4.69, 9.17) is 20.8 Å². The Morgan fingerprint density at radius 2 is 1.62 bits per heavy atom. The number of nitrogens with zero attached hydrogens (tertiary/aromatic N) is 2. The standard InChI is InChI=1S/C22H13ClF5N3O3/c23-12-3-1-11(2-4-12)8-31-9-13(7-29-31)30-22(32)15-6-5-14(34-15)10-33-21-19(27)17(25)16(24)18(26)20(21)28/h1-7,9H,8,10H2,(H,30,32). The Bertz CT molecular complexity index is 1330. The maximum atomic E-state index is 13.7. The fourth-order valence-electron chi connectivity index (χ4n) is 2.92. The molecule has 2 aromatic heterocycles. The van der Waals surface area contributed by atoms with Gasteiger partial charge in [0.15, 0.2) is 11.5 Å². The maximum absolute atomic E-state index is 13.7. The molecule has 34 heavy (non-hydrogen) atoms. The largest absolute Gasteiger partial charge is 0.479 e. The van der Waals surface area contributed by atoms with Crippen molar-refractivity contribution in [2.24, 2.45) is 0 Å². The summed E-state index contributed by atoms with van der Waals surface area (Å²) in [4.78, 5) is 12.4. The molecule has 4 rings (SSSR count). The molecular weight excluding hydrogens is 485 g/mol. The third kappa shape index (κ3) is 4.88. The van der Waals surface area contributed by atoms with E-state index >= 15 is 0 Å². The van der Waals surface area contributed by atoms with Crippen molar-refractivity contribution in [2.45, 2.75) is 13.2 Å². The number of halogens is 6. The number of aromatic nitrogens is 2. The molecule has 0 aliphatic carbocycles. The Morgan fingerprint density at radius 3 is 2.29 bits per heavy atom. The first-order valence-corrected chi connectivity index (χ1v) is 9.92. The average Bonchev–Trinajstić information content (AvgIpc) is 3.47. The zero-order valence-electron chi connectivity index (χ0n) is 16.9. The van der Waals surface area contributed by atoms with E-state index in [1.807, 2.05) is 12.1 Å². The first kappa shape index (κ1) is 23.3. The number of carbonyl (C=O) groups is 1. The molecule has 2 heterocycles. The smallest absolute Gasteiger partial charge is 0.291 e. The number of rotatable bonds is 7. The van der Waals surface area contributed by atoms with Gasteiger partial charge in [-0.2, -0.15) is 13.9 Å². The first-order valence-electron chi connectivity index (χ1n) is 9.54. The van der Waals surface area contributed by atoms with Crippen molar-refractivity contribution in [3.8, 4) is 5.75 Å². The minimum Gasteiger partial charge on any atom is -0.479 e. The quantitative estimate of drug-likeness (QED) is 0.202. The van der Waals surface area contributed by atoms with Gasteiger partial charge in [0.1, 0.15) is 12.4 Å². The van der Waals surface area contributed by atoms with Gasteiger partial charge in [0.2, 0.25) is 29.1 Å². The van der Waals surface area contributed by atoms with Crippen LogP contribution in [0.5, 0.6) is 5.75 Å². The zero-order chi connectivity index (χ0) is 24.4. The SMILES string of the molecule is O=C(Nc1cnn(Cc2ccc(Cl)cc2)c1)c1ccc(COc2c(F)c(F)c(F)c(F)c2F)o1. The molecule has 0 saturated heterocycles. The Kier molecular flexibility index (Phi) is 6.55. The summed E-state index contributed by atoms with van der Waals surface area (Å²) < 4.78 is 78.5. The second-order valence-electron chi connectivity index (χ2n) is 6.96. The molecule has 4 aromatic rings. The van der Waals surface area contributed by atoms with Gasteiger partial charge in [0, 0.05) is 11.2 Å². The van der Waals surface area contributed by atoms with Crippen LogP contribution >= 0.6 is 11.6 Å². The zero-order valence-corrected chi connectivity index (χ0v) is 17.7. The molecule has 0 aliphatic rings. The Hall–Kier alpha value is -3.86. The van der Waals surface area contributed by atoms with Crippen LogP contribution in [0.1, 0.15) is 21.9 Å². The van der Waals surface area contributed by atoms with Crippen LogP contribution in [0.4, 0.5) is 27.6 Å². The minimum absolute atomic E-state index is 0.0903. The highest BCUT2D eigenvalue weighted by molar-refractivity contribution is 6.30. The van der Waals surface area contributed by atoms with Crippen molar-refractivity contribution in [2.75, 3.05) is 5.32 Å². The second-order valence-corrected chi connectivity index (χ2v) is 7.40. The van der Waals surface area contributed by atoms with Crippen LogP contribution in [0.3, 0.4) is 0 Å². The molecule has 0 radical (unpaired) electrons. The van der Waals surface area contributed by atoms with Crippen LogP contribution < -0.4 is 10.1 Å².